The summed E-state index contributed by atoms with van der Waals surface area (Å²) < 4.78 is 31.0. The van der Waals surface area contributed by atoms with Crippen molar-refractivity contribution >= 4 is 22.5 Å². The molecule has 6 heavy (non-hydrogen) atoms. The monoisotopic (exact) mass is 201 g/mol. The van der Waals surface area contributed by atoms with Gasteiger partial charge in [0.1, 0.15) is 0 Å². The summed E-state index contributed by atoms with van der Waals surface area (Å²) in [6.07, 6.45) is -2.20. The van der Waals surface area contributed by atoms with Gasteiger partial charge in [-0.25, -0.2) is 0 Å². The summed E-state index contributed by atoms with van der Waals surface area (Å²) in [5.74, 6) is 0. The van der Waals surface area contributed by atoms with Crippen molar-refractivity contribution in [2.45, 2.75) is 0 Å². The fraction of sp³-hybridized carbons (Fsp3) is 0. The van der Waals surface area contributed by atoms with Crippen LogP contribution in [0.4, 0.5) is 13.2 Å². The first-order valence-electron chi connectivity index (χ1n) is 1.07. The molecule has 0 unspecified atom stereocenters. The number of rotatable bonds is 0. The van der Waals surface area contributed by atoms with Crippen LogP contribution in [0.15, 0.2) is 9.92 Å². The number of halogens is 3. The zero-order valence-corrected chi connectivity index (χ0v) is 5.49. The van der Waals surface area contributed by atoms with Gasteiger partial charge < -0.3 is 0 Å². The second-order valence-corrected chi connectivity index (χ2v) is 1.83. The Morgan fingerprint density at radius 1 is 1.17 bits per heavy atom. The molecule has 0 aliphatic carbocycles. The third kappa shape index (κ3) is 2.56. The Labute approximate surface area is 46.1 Å². The van der Waals surface area contributed by atoms with Crippen LogP contribution in [0.1, 0.15) is 0 Å². The molecule has 0 aliphatic rings. The molecule has 4 heteroatoms. The van der Waals surface area contributed by atoms with Crippen LogP contribution in [0.5, 0.6) is 0 Å². The molecule has 0 N–H and O–H groups in total. The predicted molar refractivity (Wildman–Crippen MR) is 16.1 cm³/mol. The quantitative estimate of drug-likeness (QED) is 0.515. The second-order valence-electron chi connectivity index (χ2n) is 0.574. The van der Waals surface area contributed by atoms with Gasteiger partial charge in [-0.2, -0.15) is 0 Å². The van der Waals surface area contributed by atoms with Crippen molar-refractivity contribution in [2.75, 3.05) is 0 Å². The summed E-state index contributed by atoms with van der Waals surface area (Å²) in [4.78, 5) is 0. The van der Waals surface area contributed by atoms with E-state index in [2.05, 4.69) is 0 Å². The molecule has 0 atom stereocenters. The van der Waals surface area contributed by atoms with E-state index in [9.17, 15) is 13.2 Å². The van der Waals surface area contributed by atoms with Crippen LogP contribution in [0.2, 0.25) is 0 Å². The summed E-state index contributed by atoms with van der Waals surface area (Å²) in [5.41, 5.74) is 0. The molecule has 0 rings (SSSR count). The number of hydrogen-bond donors (Lipinski definition) is 0. The predicted octanol–water partition coefficient (Wildman–Crippen LogP) is 1.19. The van der Waals surface area contributed by atoms with Gasteiger partial charge in [-0.3, -0.25) is 0 Å². The normalized spacial score (nSPS) is 8.00. The molecule has 0 spiro atoms. The van der Waals surface area contributed by atoms with Gasteiger partial charge in [0, 0.05) is 0 Å². The molecule has 0 heterocycles. The van der Waals surface area contributed by atoms with E-state index in [-0.39, 0.29) is 22.5 Å². The standard InChI is InChI=1S/C2F3.Sn/c3-1-2(4)5;. The topological polar surface area (TPSA) is 0 Å². The van der Waals surface area contributed by atoms with Crippen molar-refractivity contribution in [1.82, 2.24) is 0 Å². The first-order valence-corrected chi connectivity index (χ1v) is 2.49. The third-order valence-electron chi connectivity index (χ3n) is 0.166. The Balaban J connectivity index is 3.68. The van der Waals surface area contributed by atoms with Gasteiger partial charge in [-0.05, 0) is 0 Å². The van der Waals surface area contributed by atoms with Crippen molar-refractivity contribution in [3.63, 3.8) is 0 Å². The summed E-state index contributed by atoms with van der Waals surface area (Å²) in [6.45, 7) is 0. The van der Waals surface area contributed by atoms with Gasteiger partial charge in [0.05, 0.1) is 0 Å². The molecule has 0 saturated heterocycles. The van der Waals surface area contributed by atoms with E-state index >= 15 is 0 Å². The van der Waals surface area contributed by atoms with Crippen molar-refractivity contribution in [3.05, 3.63) is 9.92 Å². The molecular formula is C2F3Sn. The van der Waals surface area contributed by atoms with Gasteiger partial charge in [0.2, 0.25) is 0 Å². The summed E-state index contributed by atoms with van der Waals surface area (Å²) in [5, 5.41) is 0. The van der Waals surface area contributed by atoms with Crippen LogP contribution in [-0.2, 0) is 0 Å². The molecule has 0 fully saturated rings. The van der Waals surface area contributed by atoms with Crippen LogP contribution in [0.3, 0.4) is 0 Å². The Hall–Kier alpha value is 0.329. The van der Waals surface area contributed by atoms with E-state index in [1.54, 1.807) is 0 Å². The zero-order chi connectivity index (χ0) is 5.15. The summed E-state index contributed by atoms with van der Waals surface area (Å²) in [7, 11) is 0. The van der Waals surface area contributed by atoms with Crippen molar-refractivity contribution in [2.24, 2.45) is 0 Å². The molecule has 0 aromatic rings. The molecule has 0 bridgehead atoms. The fourth-order valence-electron chi connectivity index (χ4n) is 0. The molecule has 0 nitrogen and oxygen atoms in total. The van der Waals surface area contributed by atoms with Gasteiger partial charge in [0.15, 0.2) is 0 Å². The van der Waals surface area contributed by atoms with Crippen LogP contribution in [0, 0.1) is 0 Å². The maximum absolute atomic E-state index is 11.0. The SMILES string of the molecule is FC(F)=[C](F)[Sn]. The van der Waals surface area contributed by atoms with E-state index in [0.29, 0.717) is 0 Å². The van der Waals surface area contributed by atoms with E-state index in [0.717, 1.165) is 0 Å². The van der Waals surface area contributed by atoms with Crippen molar-refractivity contribution in [3.8, 4) is 0 Å². The molecule has 0 amide bonds. The minimum atomic E-state index is -2.20. The van der Waals surface area contributed by atoms with Gasteiger partial charge >= 0.3 is 45.6 Å². The van der Waals surface area contributed by atoms with E-state index < -0.39 is 9.92 Å². The van der Waals surface area contributed by atoms with Gasteiger partial charge in [0.25, 0.3) is 0 Å². The van der Waals surface area contributed by atoms with Crippen molar-refractivity contribution < 1.29 is 13.2 Å². The summed E-state index contributed by atoms with van der Waals surface area (Å²) in [6, 6.07) is 0. The van der Waals surface area contributed by atoms with Crippen LogP contribution >= 0.6 is 0 Å². The van der Waals surface area contributed by atoms with Crippen LogP contribution < -0.4 is 0 Å². The molecule has 0 saturated carbocycles. The second kappa shape index (κ2) is 2.49. The molecular weight excluding hydrogens is 200 g/mol. The Kier molecular flexibility index (Phi) is 2.63. The molecule has 0 aliphatic heterocycles. The molecule has 0 aromatic heterocycles. The average Bonchev–Trinajstić information content (AvgIpc) is 1.36. The Bertz CT molecular complexity index is 58.9. The Morgan fingerprint density at radius 2 is 1.33 bits per heavy atom. The van der Waals surface area contributed by atoms with Crippen LogP contribution in [0.25, 0.3) is 0 Å². The zero-order valence-electron chi connectivity index (χ0n) is 2.63. The van der Waals surface area contributed by atoms with Crippen LogP contribution in [-0.4, -0.2) is 22.5 Å². The average molecular weight is 200 g/mol. The van der Waals surface area contributed by atoms with E-state index in [1.807, 2.05) is 0 Å². The summed E-state index contributed by atoms with van der Waals surface area (Å²) >= 11 is 0.129. The Morgan fingerprint density at radius 3 is 1.33 bits per heavy atom. The minimum absolute atomic E-state index is 0.129. The molecule has 33 valence electrons. The fourth-order valence-corrected chi connectivity index (χ4v) is 0. The molecule has 0 aromatic carbocycles. The van der Waals surface area contributed by atoms with Crippen molar-refractivity contribution in [1.29, 1.82) is 0 Å². The third-order valence-corrected chi connectivity index (χ3v) is 0.705. The first-order chi connectivity index (χ1) is 2.64. The van der Waals surface area contributed by atoms with E-state index in [4.69, 9.17) is 0 Å². The van der Waals surface area contributed by atoms with Gasteiger partial charge in [-0.1, -0.05) is 0 Å². The van der Waals surface area contributed by atoms with Gasteiger partial charge in [-0.15, -0.1) is 0 Å². The maximum atomic E-state index is 11.0. The van der Waals surface area contributed by atoms with E-state index in [1.165, 1.54) is 0 Å². The number of hydrogen-bond acceptors (Lipinski definition) is 0. The first kappa shape index (κ1) is 6.33. The molecule has 3 radical (unpaired) electrons.